The molecule has 0 radical (unpaired) electrons. The molecule has 0 aromatic heterocycles. The first-order valence-corrected chi connectivity index (χ1v) is 9.13. The van der Waals surface area contributed by atoms with Crippen LogP contribution in [0.5, 0.6) is 0 Å². The highest BCUT2D eigenvalue weighted by Crippen LogP contribution is 2.49. The number of amides is 1. The summed E-state index contributed by atoms with van der Waals surface area (Å²) in [7, 11) is 0. The second-order valence-electron chi connectivity index (χ2n) is 7.46. The number of carbonyl (C=O) groups excluding carboxylic acids is 1. The van der Waals surface area contributed by atoms with Crippen molar-refractivity contribution in [2.75, 3.05) is 5.32 Å². The maximum atomic E-state index is 13.0. The quantitative estimate of drug-likeness (QED) is 0.588. The average Bonchev–Trinajstić information content (AvgIpc) is 3.25. The molecule has 2 aliphatic carbocycles. The molecule has 2 N–H and O–H groups in total. The van der Waals surface area contributed by atoms with Gasteiger partial charge >= 0.3 is 6.18 Å². The van der Waals surface area contributed by atoms with Crippen molar-refractivity contribution in [2.24, 2.45) is 17.8 Å². The van der Waals surface area contributed by atoms with Crippen molar-refractivity contribution in [3.05, 3.63) is 41.6 Å². The number of nitriles is 1. The van der Waals surface area contributed by atoms with Gasteiger partial charge in [-0.15, -0.1) is 0 Å². The van der Waals surface area contributed by atoms with E-state index in [1.54, 1.807) is 6.07 Å². The third kappa shape index (κ3) is 4.26. The Morgan fingerprint density at radius 1 is 1.30 bits per heavy atom. The van der Waals surface area contributed by atoms with Gasteiger partial charge in [-0.05, 0) is 56.1 Å². The van der Waals surface area contributed by atoms with Crippen LogP contribution in [0.4, 0.5) is 18.9 Å². The zero-order valence-electron chi connectivity index (χ0n) is 15.0. The number of hydrogen-bond acceptors (Lipinski definition) is 3. The summed E-state index contributed by atoms with van der Waals surface area (Å²) >= 11 is 0. The van der Waals surface area contributed by atoms with Gasteiger partial charge in [-0.1, -0.05) is 18.6 Å². The van der Waals surface area contributed by atoms with Gasteiger partial charge in [0.15, 0.2) is 0 Å². The van der Waals surface area contributed by atoms with Crippen LogP contribution in [0.15, 0.2) is 36.0 Å². The average molecular weight is 377 g/mol. The van der Waals surface area contributed by atoms with Crippen LogP contribution in [0.2, 0.25) is 0 Å². The molecular formula is C20H22F3N3O. The number of nitrogens with one attached hydrogen (secondary N) is 2. The Morgan fingerprint density at radius 3 is 2.63 bits per heavy atom. The van der Waals surface area contributed by atoms with E-state index in [1.165, 1.54) is 43.7 Å². The molecule has 7 heteroatoms. The fourth-order valence-corrected chi connectivity index (χ4v) is 4.42. The third-order valence-electron chi connectivity index (χ3n) is 5.77. The Hall–Kier alpha value is -2.49. The van der Waals surface area contributed by atoms with E-state index < -0.39 is 17.6 Å². The minimum Gasteiger partial charge on any atom is -0.387 e. The molecule has 2 fully saturated rings. The predicted octanol–water partition coefficient (Wildman–Crippen LogP) is 4.47. The van der Waals surface area contributed by atoms with Crippen LogP contribution in [-0.2, 0) is 11.0 Å². The summed E-state index contributed by atoms with van der Waals surface area (Å²) in [5.74, 6) is 1.12. The Balaban J connectivity index is 1.66. The lowest BCUT2D eigenvalue weighted by molar-refractivity contribution is -0.137. The van der Waals surface area contributed by atoms with E-state index in [9.17, 15) is 23.2 Å². The standard InChI is InChI=1S/C20H22F3N3O/c1-12(16-9-13-6-7-14(16)8-13)25-11-15(10-24)19(27)26-18-5-3-2-4-17(18)20(21,22)23/h2-5,11-14,16,25H,6-9H2,1H3,(H,26,27)/b15-11-. The normalized spacial score (nSPS) is 25.7. The number of hydrogen-bond donors (Lipinski definition) is 2. The van der Waals surface area contributed by atoms with Crippen molar-refractivity contribution >= 4 is 11.6 Å². The SMILES string of the molecule is CC(N/C=C(/C#N)C(=O)Nc1ccccc1C(F)(F)F)C1CC2CCC1C2. The van der Waals surface area contributed by atoms with E-state index in [2.05, 4.69) is 10.6 Å². The van der Waals surface area contributed by atoms with E-state index in [0.29, 0.717) is 11.8 Å². The number of nitrogens with zero attached hydrogens (tertiary/aromatic N) is 1. The Morgan fingerprint density at radius 2 is 2.04 bits per heavy atom. The van der Waals surface area contributed by atoms with Gasteiger partial charge in [0, 0.05) is 12.2 Å². The maximum absolute atomic E-state index is 13.0. The van der Waals surface area contributed by atoms with Crippen molar-refractivity contribution in [1.29, 1.82) is 5.26 Å². The van der Waals surface area contributed by atoms with Gasteiger partial charge in [0.05, 0.1) is 11.3 Å². The lowest BCUT2D eigenvalue weighted by Crippen LogP contribution is -2.34. The molecule has 3 rings (SSSR count). The minimum atomic E-state index is -4.59. The first kappa shape index (κ1) is 19.3. The molecule has 1 aromatic rings. The predicted molar refractivity (Wildman–Crippen MR) is 95.3 cm³/mol. The zero-order chi connectivity index (χ0) is 19.6. The topological polar surface area (TPSA) is 64.9 Å². The van der Waals surface area contributed by atoms with Gasteiger partial charge < -0.3 is 10.6 Å². The van der Waals surface area contributed by atoms with Crippen molar-refractivity contribution < 1.29 is 18.0 Å². The molecule has 1 amide bonds. The van der Waals surface area contributed by atoms with Gasteiger partial charge in [0.25, 0.3) is 5.91 Å². The summed E-state index contributed by atoms with van der Waals surface area (Å²) in [4.78, 5) is 12.3. The van der Waals surface area contributed by atoms with Crippen molar-refractivity contribution in [3.63, 3.8) is 0 Å². The molecule has 4 atom stereocenters. The van der Waals surface area contributed by atoms with Crippen LogP contribution in [-0.4, -0.2) is 11.9 Å². The smallest absolute Gasteiger partial charge is 0.387 e. The van der Waals surface area contributed by atoms with Crippen LogP contribution in [0.1, 0.15) is 38.2 Å². The summed E-state index contributed by atoms with van der Waals surface area (Å²) in [6.45, 7) is 2.02. The molecule has 2 saturated carbocycles. The van der Waals surface area contributed by atoms with Gasteiger partial charge in [-0.25, -0.2) is 0 Å². The number of rotatable bonds is 5. The molecule has 2 bridgehead atoms. The number of benzene rings is 1. The molecule has 27 heavy (non-hydrogen) atoms. The summed E-state index contributed by atoms with van der Waals surface area (Å²) in [5.41, 5.74) is -1.56. The number of para-hydroxylation sites is 1. The van der Waals surface area contributed by atoms with Gasteiger partial charge in [-0.2, -0.15) is 18.4 Å². The molecule has 4 unspecified atom stereocenters. The summed E-state index contributed by atoms with van der Waals surface area (Å²) in [6.07, 6.45) is 1.65. The second-order valence-corrected chi connectivity index (χ2v) is 7.46. The molecule has 0 heterocycles. The fourth-order valence-electron chi connectivity index (χ4n) is 4.42. The monoisotopic (exact) mass is 377 g/mol. The van der Waals surface area contributed by atoms with Crippen molar-refractivity contribution in [1.82, 2.24) is 5.32 Å². The molecule has 4 nitrogen and oxygen atoms in total. The fraction of sp³-hybridized carbons (Fsp3) is 0.500. The Kier molecular flexibility index (Phi) is 5.45. The van der Waals surface area contributed by atoms with Gasteiger partial charge in [0.1, 0.15) is 11.6 Å². The first-order valence-electron chi connectivity index (χ1n) is 9.13. The Bertz CT molecular complexity index is 781. The second kappa shape index (κ2) is 7.63. The highest BCUT2D eigenvalue weighted by molar-refractivity contribution is 6.06. The van der Waals surface area contributed by atoms with E-state index in [1.807, 2.05) is 6.92 Å². The highest BCUT2D eigenvalue weighted by Gasteiger charge is 2.41. The van der Waals surface area contributed by atoms with Crippen LogP contribution < -0.4 is 10.6 Å². The number of halogens is 3. The highest BCUT2D eigenvalue weighted by atomic mass is 19.4. The van der Waals surface area contributed by atoms with E-state index in [4.69, 9.17) is 0 Å². The molecule has 0 spiro atoms. The van der Waals surface area contributed by atoms with E-state index in [0.717, 1.165) is 18.4 Å². The lowest BCUT2D eigenvalue weighted by atomic mass is 9.84. The third-order valence-corrected chi connectivity index (χ3v) is 5.77. The summed E-state index contributed by atoms with van der Waals surface area (Å²) < 4.78 is 39.1. The molecule has 144 valence electrons. The van der Waals surface area contributed by atoms with Crippen LogP contribution in [0.25, 0.3) is 0 Å². The van der Waals surface area contributed by atoms with Crippen LogP contribution >= 0.6 is 0 Å². The Labute approximate surface area is 156 Å². The van der Waals surface area contributed by atoms with Crippen molar-refractivity contribution in [2.45, 2.75) is 44.8 Å². The van der Waals surface area contributed by atoms with Crippen molar-refractivity contribution in [3.8, 4) is 6.07 Å². The zero-order valence-corrected chi connectivity index (χ0v) is 15.0. The summed E-state index contributed by atoms with van der Waals surface area (Å²) in [6, 6.07) is 6.58. The summed E-state index contributed by atoms with van der Waals surface area (Å²) in [5, 5.41) is 14.5. The maximum Gasteiger partial charge on any atom is 0.418 e. The molecule has 0 aliphatic heterocycles. The first-order chi connectivity index (χ1) is 12.8. The molecule has 0 saturated heterocycles. The molecular weight excluding hydrogens is 355 g/mol. The number of carbonyl (C=O) groups is 1. The van der Waals surface area contributed by atoms with Gasteiger partial charge in [0.2, 0.25) is 0 Å². The minimum absolute atomic E-state index is 0.110. The van der Waals surface area contributed by atoms with Crippen LogP contribution in [0, 0.1) is 29.1 Å². The molecule has 2 aliphatic rings. The number of alkyl halides is 3. The largest absolute Gasteiger partial charge is 0.418 e. The van der Waals surface area contributed by atoms with Gasteiger partial charge in [-0.3, -0.25) is 4.79 Å². The number of fused-ring (bicyclic) bond motifs is 2. The van der Waals surface area contributed by atoms with E-state index in [-0.39, 0.29) is 17.3 Å². The van der Waals surface area contributed by atoms with E-state index >= 15 is 0 Å². The van der Waals surface area contributed by atoms with Crippen LogP contribution in [0.3, 0.4) is 0 Å². The number of anilines is 1. The molecule has 1 aromatic carbocycles. The lowest BCUT2D eigenvalue weighted by Gasteiger charge is -2.28.